The molecule has 3 aromatic rings. The van der Waals surface area contributed by atoms with Crippen molar-refractivity contribution in [2.75, 3.05) is 5.32 Å². The fourth-order valence-electron chi connectivity index (χ4n) is 5.77. The van der Waals surface area contributed by atoms with Crippen LogP contribution in [0.15, 0.2) is 61.1 Å². The van der Waals surface area contributed by atoms with Gasteiger partial charge in [-0.25, -0.2) is 9.37 Å². The average Bonchev–Trinajstić information content (AvgIpc) is 3.45. The monoisotopic (exact) mass is 460 g/mol. The molecule has 0 saturated carbocycles. The first kappa shape index (κ1) is 22.3. The molecule has 1 spiro atoms. The molecule has 176 valence electrons. The number of nitrogens with one attached hydrogen (secondary N) is 1. The Kier molecular flexibility index (Phi) is 5.50. The van der Waals surface area contributed by atoms with Crippen LogP contribution >= 0.6 is 0 Å². The Morgan fingerprint density at radius 1 is 1.24 bits per heavy atom. The Morgan fingerprint density at radius 3 is 2.74 bits per heavy atom. The van der Waals surface area contributed by atoms with E-state index in [9.17, 15) is 14.0 Å². The van der Waals surface area contributed by atoms with Crippen molar-refractivity contribution in [3.63, 3.8) is 0 Å². The normalized spacial score (nSPS) is 23.6. The first-order chi connectivity index (χ1) is 16.3. The third-order valence-corrected chi connectivity index (χ3v) is 7.09. The second kappa shape index (κ2) is 8.38. The summed E-state index contributed by atoms with van der Waals surface area (Å²) in [6, 6.07) is 14.1. The highest BCUT2D eigenvalue weighted by Gasteiger charge is 2.63. The third-order valence-electron chi connectivity index (χ3n) is 7.09. The van der Waals surface area contributed by atoms with Crippen LogP contribution in [-0.4, -0.2) is 32.3 Å². The van der Waals surface area contributed by atoms with Crippen LogP contribution in [0.25, 0.3) is 0 Å². The number of likely N-dealkylation sites (tertiary alicyclic amines) is 1. The van der Waals surface area contributed by atoms with Crippen molar-refractivity contribution in [2.45, 2.75) is 51.7 Å². The van der Waals surface area contributed by atoms with E-state index in [2.05, 4.69) is 24.1 Å². The second-order valence-corrected chi connectivity index (χ2v) is 9.92. The highest BCUT2D eigenvalue weighted by molar-refractivity contribution is 6.09. The molecule has 1 saturated heterocycles. The van der Waals surface area contributed by atoms with Gasteiger partial charge in [0, 0.05) is 30.0 Å². The number of carbonyl (C=O) groups is 2. The van der Waals surface area contributed by atoms with Crippen LogP contribution in [-0.2, 0) is 16.9 Å². The van der Waals surface area contributed by atoms with Gasteiger partial charge in [-0.15, -0.1) is 0 Å². The Labute approximate surface area is 198 Å². The molecule has 0 aliphatic carbocycles. The van der Waals surface area contributed by atoms with E-state index >= 15 is 0 Å². The van der Waals surface area contributed by atoms with Crippen LogP contribution in [0.2, 0.25) is 0 Å². The molecular weight excluding hydrogens is 431 g/mol. The van der Waals surface area contributed by atoms with Gasteiger partial charge in [0.25, 0.3) is 11.8 Å². The lowest BCUT2D eigenvalue weighted by Gasteiger charge is -2.39. The molecule has 0 bridgehead atoms. The number of imidazole rings is 1. The van der Waals surface area contributed by atoms with Gasteiger partial charge in [-0.1, -0.05) is 51.1 Å². The molecule has 1 aromatic heterocycles. The number of hydrogen-bond acceptors (Lipinski definition) is 3. The number of rotatable bonds is 5. The molecule has 2 aliphatic rings. The van der Waals surface area contributed by atoms with E-state index in [1.165, 1.54) is 12.1 Å². The molecule has 34 heavy (non-hydrogen) atoms. The summed E-state index contributed by atoms with van der Waals surface area (Å²) >= 11 is 0. The molecule has 6 nitrogen and oxygen atoms in total. The maximum absolute atomic E-state index is 14.4. The van der Waals surface area contributed by atoms with E-state index in [0.717, 1.165) is 12.0 Å². The third kappa shape index (κ3) is 3.50. The van der Waals surface area contributed by atoms with Gasteiger partial charge in [0.05, 0.1) is 6.33 Å². The molecule has 1 fully saturated rings. The lowest BCUT2D eigenvalue weighted by atomic mass is 9.80. The van der Waals surface area contributed by atoms with Crippen molar-refractivity contribution in [3.05, 3.63) is 83.7 Å². The largest absolute Gasteiger partial charge is 0.332 e. The Morgan fingerprint density at radius 2 is 2.00 bits per heavy atom. The fourth-order valence-corrected chi connectivity index (χ4v) is 5.77. The smallest absolute Gasteiger partial charge is 0.275 e. The molecule has 2 aliphatic heterocycles. The van der Waals surface area contributed by atoms with Gasteiger partial charge < -0.3 is 14.8 Å². The summed E-state index contributed by atoms with van der Waals surface area (Å²) in [4.78, 5) is 33.7. The molecule has 7 heteroatoms. The number of anilines is 1. The van der Waals surface area contributed by atoms with Crippen LogP contribution in [0.5, 0.6) is 0 Å². The number of nitrogens with zero attached hydrogens (tertiary/aromatic N) is 3. The zero-order chi connectivity index (χ0) is 24.0. The number of amides is 2. The maximum Gasteiger partial charge on any atom is 0.275 e. The summed E-state index contributed by atoms with van der Waals surface area (Å²) in [5, 5.41) is 2.91. The van der Waals surface area contributed by atoms with Crippen LogP contribution in [0.4, 0.5) is 10.1 Å². The number of halogens is 1. The summed E-state index contributed by atoms with van der Waals surface area (Å²) < 4.78 is 16.2. The Hall–Kier alpha value is -3.48. The van der Waals surface area contributed by atoms with Crippen molar-refractivity contribution in [2.24, 2.45) is 11.8 Å². The summed E-state index contributed by atoms with van der Waals surface area (Å²) in [5.74, 6) is -0.837. The van der Waals surface area contributed by atoms with Crippen molar-refractivity contribution < 1.29 is 14.0 Å². The lowest BCUT2D eigenvalue weighted by Crippen LogP contribution is -2.55. The number of hydrogen-bond donors (Lipinski definition) is 1. The van der Waals surface area contributed by atoms with E-state index in [4.69, 9.17) is 0 Å². The van der Waals surface area contributed by atoms with Crippen LogP contribution < -0.4 is 5.32 Å². The summed E-state index contributed by atoms with van der Waals surface area (Å²) in [6.07, 6.45) is 4.79. The molecule has 3 heterocycles. The van der Waals surface area contributed by atoms with Crippen molar-refractivity contribution in [1.82, 2.24) is 14.5 Å². The SMILES string of the molecule is CC(C)C[C@H]1C[C@@H](C)[C@]2(C(=O)Nc3ccc(F)cc32)N1C(=O)c1cn(Cc2ccccc2)cn1. The van der Waals surface area contributed by atoms with E-state index in [1.807, 2.05) is 41.8 Å². The molecule has 0 radical (unpaired) electrons. The van der Waals surface area contributed by atoms with Gasteiger partial charge in [-0.3, -0.25) is 9.59 Å². The molecule has 3 atom stereocenters. The number of aromatic nitrogens is 2. The maximum atomic E-state index is 14.4. The van der Waals surface area contributed by atoms with Gasteiger partial charge in [0.1, 0.15) is 11.5 Å². The Bertz CT molecular complexity index is 1240. The predicted molar refractivity (Wildman–Crippen MR) is 128 cm³/mol. The quantitative estimate of drug-likeness (QED) is 0.594. The molecule has 2 amide bonds. The zero-order valence-electron chi connectivity index (χ0n) is 19.7. The van der Waals surface area contributed by atoms with Crippen molar-refractivity contribution in [1.29, 1.82) is 0 Å². The van der Waals surface area contributed by atoms with Crippen LogP contribution in [0, 0.1) is 17.7 Å². The lowest BCUT2D eigenvalue weighted by molar-refractivity contribution is -0.127. The predicted octanol–water partition coefficient (Wildman–Crippen LogP) is 4.81. The summed E-state index contributed by atoms with van der Waals surface area (Å²) in [6.45, 7) is 6.78. The topological polar surface area (TPSA) is 67.2 Å². The van der Waals surface area contributed by atoms with Gasteiger partial charge in [0.2, 0.25) is 0 Å². The molecular formula is C27H29FN4O2. The Balaban J connectivity index is 1.56. The standard InChI is InChI=1S/C27H29FN4O2/c1-17(2)11-21-12-18(3)27(22-13-20(28)9-10-23(22)30-26(27)34)32(21)25(33)24-15-31(16-29-24)14-19-7-5-4-6-8-19/h4-10,13,15-18,21H,11-12,14H2,1-3H3,(H,30,34)/t18-,21+,27+/m1/s1. The van der Waals surface area contributed by atoms with Gasteiger partial charge in [0.15, 0.2) is 5.54 Å². The highest BCUT2D eigenvalue weighted by Crippen LogP contribution is 2.54. The van der Waals surface area contributed by atoms with Crippen LogP contribution in [0.3, 0.4) is 0 Å². The van der Waals surface area contributed by atoms with E-state index in [-0.39, 0.29) is 29.5 Å². The summed E-state index contributed by atoms with van der Waals surface area (Å²) in [7, 11) is 0. The van der Waals surface area contributed by atoms with E-state index in [0.29, 0.717) is 30.1 Å². The summed E-state index contributed by atoms with van der Waals surface area (Å²) in [5.41, 5.74) is 1.24. The number of carbonyl (C=O) groups excluding carboxylic acids is 2. The first-order valence-corrected chi connectivity index (χ1v) is 11.8. The van der Waals surface area contributed by atoms with E-state index in [1.54, 1.807) is 23.5 Å². The minimum Gasteiger partial charge on any atom is -0.332 e. The fraction of sp³-hybridized carbons (Fsp3) is 0.370. The number of benzene rings is 2. The molecule has 5 rings (SSSR count). The highest BCUT2D eigenvalue weighted by atomic mass is 19.1. The van der Waals surface area contributed by atoms with Gasteiger partial charge in [-0.2, -0.15) is 0 Å². The minimum atomic E-state index is -1.25. The number of fused-ring (bicyclic) bond motifs is 2. The van der Waals surface area contributed by atoms with Crippen molar-refractivity contribution >= 4 is 17.5 Å². The van der Waals surface area contributed by atoms with Gasteiger partial charge >= 0.3 is 0 Å². The first-order valence-electron chi connectivity index (χ1n) is 11.8. The zero-order valence-corrected chi connectivity index (χ0v) is 19.7. The van der Waals surface area contributed by atoms with Crippen LogP contribution in [0.1, 0.15) is 55.2 Å². The minimum absolute atomic E-state index is 0.151. The van der Waals surface area contributed by atoms with Crippen molar-refractivity contribution in [3.8, 4) is 0 Å². The van der Waals surface area contributed by atoms with Gasteiger partial charge in [-0.05, 0) is 48.4 Å². The average molecular weight is 461 g/mol. The second-order valence-electron chi connectivity index (χ2n) is 9.92. The van der Waals surface area contributed by atoms with E-state index < -0.39 is 11.4 Å². The molecule has 2 aromatic carbocycles. The molecule has 1 N–H and O–H groups in total. The molecule has 0 unspecified atom stereocenters.